The maximum Gasteiger partial charge on any atom is 0.308 e. The van der Waals surface area contributed by atoms with Gasteiger partial charge < -0.3 is 4.74 Å². The fraction of sp³-hybridized carbons (Fsp3) is 0.105. The van der Waals surface area contributed by atoms with Gasteiger partial charge in [0.05, 0.1) is 8.95 Å². The Morgan fingerprint density at radius 2 is 1.96 bits per heavy atom. The van der Waals surface area contributed by atoms with Crippen molar-refractivity contribution < 1.29 is 14.3 Å². The zero-order valence-corrected chi connectivity index (χ0v) is 19.9. The number of hydrogen-bond acceptors (Lipinski definition) is 6. The maximum atomic E-state index is 12.3. The van der Waals surface area contributed by atoms with Crippen LogP contribution in [0.25, 0.3) is 6.08 Å². The SMILES string of the molecule is CC(=O)Oc1c(Br)cc(/C=C2\N=C(SCc3ccccc3Cl)SC2=O)cc1Br. The summed E-state index contributed by atoms with van der Waals surface area (Å²) in [4.78, 5) is 27.9. The minimum absolute atomic E-state index is 0.113. The van der Waals surface area contributed by atoms with Crippen LogP contribution in [0, 0.1) is 0 Å². The number of rotatable bonds is 4. The number of thioether (sulfide) groups is 2. The van der Waals surface area contributed by atoms with Crippen LogP contribution in [0.1, 0.15) is 18.1 Å². The van der Waals surface area contributed by atoms with E-state index in [1.165, 1.54) is 18.7 Å². The van der Waals surface area contributed by atoms with E-state index in [9.17, 15) is 9.59 Å². The van der Waals surface area contributed by atoms with Gasteiger partial charge in [0.25, 0.3) is 0 Å². The van der Waals surface area contributed by atoms with Gasteiger partial charge in [-0.2, -0.15) is 0 Å². The molecule has 0 fully saturated rings. The average molecular weight is 562 g/mol. The smallest absolute Gasteiger partial charge is 0.308 e. The Kier molecular flexibility index (Phi) is 7.44. The first kappa shape index (κ1) is 21.6. The Bertz CT molecular complexity index is 1000. The van der Waals surface area contributed by atoms with Gasteiger partial charge >= 0.3 is 5.97 Å². The number of carbonyl (C=O) groups excluding carboxylic acids is 2. The first-order valence-electron chi connectivity index (χ1n) is 7.89. The molecule has 2 aromatic carbocycles. The van der Waals surface area contributed by atoms with Crippen molar-refractivity contribution in [2.24, 2.45) is 4.99 Å². The lowest BCUT2D eigenvalue weighted by molar-refractivity contribution is -0.132. The second-order valence-electron chi connectivity index (χ2n) is 5.58. The second-order valence-corrected chi connectivity index (χ2v) is 9.88. The molecule has 0 aliphatic carbocycles. The van der Waals surface area contributed by atoms with Crippen LogP contribution < -0.4 is 4.74 Å². The largest absolute Gasteiger partial charge is 0.424 e. The average Bonchev–Trinajstić information content (AvgIpc) is 2.97. The van der Waals surface area contributed by atoms with Crippen LogP contribution in [0.15, 0.2) is 56.0 Å². The summed E-state index contributed by atoms with van der Waals surface area (Å²) in [5.74, 6) is 0.612. The van der Waals surface area contributed by atoms with Crippen molar-refractivity contribution in [3.05, 3.63) is 67.2 Å². The van der Waals surface area contributed by atoms with Gasteiger partial charge in [-0.1, -0.05) is 41.6 Å². The Hall–Kier alpha value is -1.06. The van der Waals surface area contributed by atoms with Gasteiger partial charge in [-0.05, 0) is 79.0 Å². The summed E-state index contributed by atoms with van der Waals surface area (Å²) in [5, 5.41) is 0.584. The Morgan fingerprint density at radius 1 is 1.29 bits per heavy atom. The van der Waals surface area contributed by atoms with E-state index in [0.29, 0.717) is 35.5 Å². The van der Waals surface area contributed by atoms with Crippen LogP contribution in [0.3, 0.4) is 0 Å². The molecule has 28 heavy (non-hydrogen) atoms. The molecule has 144 valence electrons. The van der Waals surface area contributed by atoms with E-state index in [1.807, 2.05) is 24.3 Å². The molecule has 4 nitrogen and oxygen atoms in total. The molecule has 3 rings (SSSR count). The molecule has 0 unspecified atom stereocenters. The third-order valence-corrected chi connectivity index (χ3v) is 7.08. The molecule has 0 aromatic heterocycles. The lowest BCUT2D eigenvalue weighted by Gasteiger charge is -2.08. The molecule has 0 radical (unpaired) electrons. The molecule has 1 aliphatic heterocycles. The van der Waals surface area contributed by atoms with Crippen LogP contribution >= 0.6 is 67.0 Å². The van der Waals surface area contributed by atoms with E-state index in [1.54, 1.807) is 18.2 Å². The number of carbonyl (C=O) groups is 2. The first-order chi connectivity index (χ1) is 13.3. The number of nitrogens with zero attached hydrogens (tertiary/aromatic N) is 1. The number of halogens is 3. The Balaban J connectivity index is 1.77. The number of benzene rings is 2. The molecule has 0 amide bonds. The van der Waals surface area contributed by atoms with Gasteiger partial charge in [0.1, 0.15) is 10.1 Å². The predicted molar refractivity (Wildman–Crippen MR) is 124 cm³/mol. The molecule has 9 heteroatoms. The van der Waals surface area contributed by atoms with Crippen molar-refractivity contribution in [3.8, 4) is 5.75 Å². The summed E-state index contributed by atoms with van der Waals surface area (Å²) in [6.45, 7) is 1.33. The van der Waals surface area contributed by atoms with Gasteiger partial charge in [0.2, 0.25) is 5.12 Å². The Labute approximate surface area is 192 Å². The number of esters is 1. The first-order valence-corrected chi connectivity index (χ1v) is 11.7. The zero-order chi connectivity index (χ0) is 20.3. The molecule has 0 spiro atoms. The lowest BCUT2D eigenvalue weighted by atomic mass is 10.2. The van der Waals surface area contributed by atoms with Gasteiger partial charge in [0.15, 0.2) is 5.75 Å². The number of hydrogen-bond donors (Lipinski definition) is 0. The second kappa shape index (κ2) is 9.63. The van der Waals surface area contributed by atoms with E-state index in [0.717, 1.165) is 22.9 Å². The molecular weight excluding hydrogens is 550 g/mol. The van der Waals surface area contributed by atoms with E-state index >= 15 is 0 Å². The van der Waals surface area contributed by atoms with Crippen molar-refractivity contribution in [2.75, 3.05) is 0 Å². The molecule has 0 N–H and O–H groups in total. The van der Waals surface area contributed by atoms with Crippen molar-refractivity contribution in [2.45, 2.75) is 12.7 Å². The summed E-state index contributed by atoms with van der Waals surface area (Å²) >= 11 is 15.5. The summed E-state index contributed by atoms with van der Waals surface area (Å²) < 4.78 is 7.04. The van der Waals surface area contributed by atoms with Crippen molar-refractivity contribution in [1.29, 1.82) is 0 Å². The molecule has 1 aliphatic rings. The van der Waals surface area contributed by atoms with Crippen LogP contribution in [0.5, 0.6) is 5.75 Å². The molecule has 0 saturated carbocycles. The minimum Gasteiger partial charge on any atom is -0.424 e. The molecule has 0 saturated heterocycles. The van der Waals surface area contributed by atoms with Crippen molar-refractivity contribution >= 4 is 88.5 Å². The van der Waals surface area contributed by atoms with Crippen LogP contribution in [0.4, 0.5) is 0 Å². The minimum atomic E-state index is -0.417. The maximum absolute atomic E-state index is 12.3. The third-order valence-electron chi connectivity index (χ3n) is 3.48. The summed E-state index contributed by atoms with van der Waals surface area (Å²) in [6.07, 6.45) is 1.70. The molecule has 0 atom stereocenters. The highest BCUT2D eigenvalue weighted by Gasteiger charge is 2.23. The van der Waals surface area contributed by atoms with Crippen molar-refractivity contribution in [1.82, 2.24) is 0 Å². The predicted octanol–water partition coefficient (Wildman–Crippen LogP) is 6.69. The summed E-state index contributed by atoms with van der Waals surface area (Å²) in [6, 6.07) is 11.1. The van der Waals surface area contributed by atoms with Gasteiger partial charge in [-0.15, -0.1) is 0 Å². The molecule has 2 aromatic rings. The van der Waals surface area contributed by atoms with E-state index in [-0.39, 0.29) is 5.12 Å². The lowest BCUT2D eigenvalue weighted by Crippen LogP contribution is -2.02. The van der Waals surface area contributed by atoms with Crippen LogP contribution in [-0.2, 0) is 15.3 Å². The van der Waals surface area contributed by atoms with Gasteiger partial charge in [0, 0.05) is 17.7 Å². The third kappa shape index (κ3) is 5.51. The fourth-order valence-corrected chi connectivity index (χ4v) is 5.78. The van der Waals surface area contributed by atoms with Crippen LogP contribution in [0.2, 0.25) is 5.02 Å². The highest BCUT2D eigenvalue weighted by Crippen LogP contribution is 2.37. The molecule has 0 bridgehead atoms. The van der Waals surface area contributed by atoms with E-state index < -0.39 is 5.97 Å². The van der Waals surface area contributed by atoms with Gasteiger partial charge in [-0.3, -0.25) is 9.59 Å². The monoisotopic (exact) mass is 559 g/mol. The quantitative estimate of drug-likeness (QED) is 0.236. The van der Waals surface area contributed by atoms with Crippen LogP contribution in [-0.4, -0.2) is 15.5 Å². The van der Waals surface area contributed by atoms with E-state index in [4.69, 9.17) is 16.3 Å². The topological polar surface area (TPSA) is 55.7 Å². The number of ether oxygens (including phenoxy) is 1. The normalized spacial score (nSPS) is 15.1. The highest BCUT2D eigenvalue weighted by atomic mass is 79.9. The van der Waals surface area contributed by atoms with E-state index in [2.05, 4.69) is 36.9 Å². The van der Waals surface area contributed by atoms with Gasteiger partial charge in [-0.25, -0.2) is 4.99 Å². The standard InChI is InChI=1S/C19H12Br2ClNO3S2/c1-10(24)26-17-13(20)6-11(7-14(17)21)8-16-18(25)28-19(23-16)27-9-12-4-2-3-5-15(12)22/h2-8H,9H2,1H3/b16-8-. The highest BCUT2D eigenvalue weighted by molar-refractivity contribution is 9.11. The fourth-order valence-electron chi connectivity index (χ4n) is 2.27. The molecular formula is C19H12Br2ClNO3S2. The summed E-state index contributed by atoms with van der Waals surface area (Å²) in [7, 11) is 0. The number of aliphatic imine (C=N–C) groups is 1. The molecule has 1 heterocycles. The summed E-state index contributed by atoms with van der Waals surface area (Å²) in [5.41, 5.74) is 2.11. The van der Waals surface area contributed by atoms with Crippen molar-refractivity contribution in [3.63, 3.8) is 0 Å². The zero-order valence-electron chi connectivity index (χ0n) is 14.4. The Morgan fingerprint density at radius 3 is 2.61 bits per heavy atom.